The van der Waals surface area contributed by atoms with Crippen molar-refractivity contribution < 1.29 is 19.3 Å². The minimum Gasteiger partial charge on any atom is -0.322 e. The normalized spacial score (nSPS) is 13.7. The molecule has 1 heterocycles. The maximum atomic E-state index is 12.4. The Morgan fingerprint density at radius 1 is 1.11 bits per heavy atom. The van der Waals surface area contributed by atoms with Gasteiger partial charge in [0.2, 0.25) is 11.8 Å². The smallest absolute Gasteiger partial charge is 0.282 e. The number of anilines is 1. The van der Waals surface area contributed by atoms with Crippen LogP contribution in [-0.4, -0.2) is 27.5 Å². The molecular formula is C18H14ClN3O5. The highest BCUT2D eigenvalue weighted by molar-refractivity contribution is 6.31. The Kier molecular flexibility index (Phi) is 5.18. The van der Waals surface area contributed by atoms with Gasteiger partial charge in [-0.05, 0) is 29.8 Å². The highest BCUT2D eigenvalue weighted by Crippen LogP contribution is 2.24. The van der Waals surface area contributed by atoms with Crippen LogP contribution >= 0.6 is 11.6 Å². The topological polar surface area (TPSA) is 110 Å². The van der Waals surface area contributed by atoms with E-state index in [1.54, 1.807) is 24.3 Å². The molecule has 3 amide bonds. The van der Waals surface area contributed by atoms with Crippen molar-refractivity contribution in [1.29, 1.82) is 0 Å². The molecule has 1 saturated heterocycles. The van der Waals surface area contributed by atoms with Crippen molar-refractivity contribution in [3.8, 4) is 0 Å². The lowest BCUT2D eigenvalue weighted by molar-refractivity contribution is -0.385. The summed E-state index contributed by atoms with van der Waals surface area (Å²) in [7, 11) is 0. The number of rotatable bonds is 5. The molecule has 3 rings (SSSR count). The molecule has 0 aliphatic carbocycles. The van der Waals surface area contributed by atoms with E-state index in [0.29, 0.717) is 5.69 Å². The Hall–Kier alpha value is -3.26. The monoisotopic (exact) mass is 387 g/mol. The fraction of sp³-hybridized carbons (Fsp3) is 0.167. The first-order valence-corrected chi connectivity index (χ1v) is 8.40. The summed E-state index contributed by atoms with van der Waals surface area (Å²) < 4.78 is 0. The summed E-state index contributed by atoms with van der Waals surface area (Å²) in [5, 5.41) is 13.9. The van der Waals surface area contributed by atoms with Gasteiger partial charge in [0.05, 0.1) is 11.5 Å². The maximum Gasteiger partial charge on any atom is 0.282 e. The van der Waals surface area contributed by atoms with Crippen LogP contribution in [0.25, 0.3) is 0 Å². The number of nitrogens with one attached hydrogen (secondary N) is 1. The summed E-state index contributed by atoms with van der Waals surface area (Å²) in [6.45, 7) is 0.172. The summed E-state index contributed by atoms with van der Waals surface area (Å²) in [5.74, 6) is -1.07. The van der Waals surface area contributed by atoms with E-state index in [-0.39, 0.29) is 47.5 Å². The predicted octanol–water partition coefficient (Wildman–Crippen LogP) is 3.15. The zero-order chi connectivity index (χ0) is 19.6. The van der Waals surface area contributed by atoms with Gasteiger partial charge < -0.3 is 5.32 Å². The molecule has 1 aliphatic rings. The van der Waals surface area contributed by atoms with E-state index in [9.17, 15) is 24.5 Å². The van der Waals surface area contributed by atoms with Gasteiger partial charge >= 0.3 is 0 Å². The van der Waals surface area contributed by atoms with Gasteiger partial charge in [-0.15, -0.1) is 0 Å². The molecule has 0 saturated carbocycles. The molecule has 2 aromatic rings. The van der Waals surface area contributed by atoms with E-state index in [0.717, 1.165) is 5.56 Å². The van der Waals surface area contributed by atoms with Crippen LogP contribution < -0.4 is 5.32 Å². The summed E-state index contributed by atoms with van der Waals surface area (Å²) >= 11 is 5.83. The van der Waals surface area contributed by atoms with Crippen LogP contribution in [0, 0.1) is 10.1 Å². The fourth-order valence-electron chi connectivity index (χ4n) is 2.72. The molecule has 1 aliphatic heterocycles. The zero-order valence-electron chi connectivity index (χ0n) is 14.0. The average Bonchev–Trinajstić information content (AvgIpc) is 2.95. The number of benzene rings is 2. The number of nitro benzene ring substituents is 1. The number of halogens is 1. The first-order chi connectivity index (χ1) is 12.8. The van der Waals surface area contributed by atoms with E-state index in [1.807, 2.05) is 0 Å². The van der Waals surface area contributed by atoms with Gasteiger partial charge in [0.25, 0.3) is 11.6 Å². The Labute approximate surface area is 158 Å². The molecule has 8 nitrogen and oxygen atoms in total. The second-order valence-corrected chi connectivity index (χ2v) is 6.38. The first kappa shape index (κ1) is 18.5. The molecule has 0 spiro atoms. The molecule has 0 unspecified atom stereocenters. The third-order valence-electron chi connectivity index (χ3n) is 4.11. The van der Waals surface area contributed by atoms with Gasteiger partial charge in [-0.1, -0.05) is 23.7 Å². The number of carbonyl (C=O) groups is 3. The molecule has 138 valence electrons. The number of imide groups is 1. The van der Waals surface area contributed by atoms with Crippen LogP contribution in [0.3, 0.4) is 0 Å². The van der Waals surface area contributed by atoms with Crippen LogP contribution in [0.1, 0.15) is 28.8 Å². The lowest BCUT2D eigenvalue weighted by atomic mass is 10.1. The van der Waals surface area contributed by atoms with Crippen molar-refractivity contribution in [2.45, 2.75) is 19.4 Å². The van der Waals surface area contributed by atoms with Crippen molar-refractivity contribution in [2.24, 2.45) is 0 Å². The van der Waals surface area contributed by atoms with Gasteiger partial charge in [0.15, 0.2) is 0 Å². The van der Waals surface area contributed by atoms with E-state index >= 15 is 0 Å². The standard InChI is InChI=1S/C18H14ClN3O5/c19-12-3-6-15(22(26)27)14(9-12)18(25)20-13-4-1-11(2-5-13)10-21-16(23)7-8-17(21)24/h1-6,9H,7-8,10H2,(H,20,25). The Morgan fingerprint density at radius 2 is 1.74 bits per heavy atom. The summed E-state index contributed by atoms with van der Waals surface area (Å²) in [4.78, 5) is 47.3. The zero-order valence-corrected chi connectivity index (χ0v) is 14.7. The Bertz CT molecular complexity index is 927. The van der Waals surface area contributed by atoms with Crippen molar-refractivity contribution in [3.05, 3.63) is 68.7 Å². The lowest BCUT2D eigenvalue weighted by Gasteiger charge is -2.14. The van der Waals surface area contributed by atoms with Crippen molar-refractivity contribution in [2.75, 3.05) is 5.32 Å². The molecule has 9 heteroatoms. The van der Waals surface area contributed by atoms with Crippen LogP contribution in [-0.2, 0) is 16.1 Å². The lowest BCUT2D eigenvalue weighted by Crippen LogP contribution is -2.28. The van der Waals surface area contributed by atoms with Gasteiger partial charge in [-0.25, -0.2) is 0 Å². The SMILES string of the molecule is O=C(Nc1ccc(CN2C(=O)CCC2=O)cc1)c1cc(Cl)ccc1[N+](=O)[O-]. The molecule has 1 N–H and O–H groups in total. The molecule has 0 bridgehead atoms. The number of amides is 3. The van der Waals surface area contributed by atoms with Gasteiger partial charge in [0, 0.05) is 29.6 Å². The van der Waals surface area contributed by atoms with Crippen molar-refractivity contribution >= 4 is 40.7 Å². The predicted molar refractivity (Wildman–Crippen MR) is 97.3 cm³/mol. The molecule has 1 fully saturated rings. The third-order valence-corrected chi connectivity index (χ3v) is 4.34. The number of nitrogens with zero attached hydrogens (tertiary/aromatic N) is 2. The number of likely N-dealkylation sites (tertiary alicyclic amines) is 1. The maximum absolute atomic E-state index is 12.4. The molecule has 0 radical (unpaired) electrons. The second kappa shape index (κ2) is 7.55. The molecule has 2 aromatic carbocycles. The Morgan fingerprint density at radius 3 is 2.33 bits per heavy atom. The van der Waals surface area contributed by atoms with E-state index < -0.39 is 10.8 Å². The highest BCUT2D eigenvalue weighted by atomic mass is 35.5. The number of hydrogen-bond donors (Lipinski definition) is 1. The number of carbonyl (C=O) groups excluding carboxylic acids is 3. The van der Waals surface area contributed by atoms with Crippen LogP contribution in [0.4, 0.5) is 11.4 Å². The minimum atomic E-state index is -0.665. The average molecular weight is 388 g/mol. The quantitative estimate of drug-likeness (QED) is 0.481. The van der Waals surface area contributed by atoms with Crippen LogP contribution in [0.15, 0.2) is 42.5 Å². The van der Waals surface area contributed by atoms with Crippen LogP contribution in [0.5, 0.6) is 0 Å². The molecular weight excluding hydrogens is 374 g/mol. The second-order valence-electron chi connectivity index (χ2n) is 5.94. The molecule has 0 atom stereocenters. The van der Waals surface area contributed by atoms with E-state index in [2.05, 4.69) is 5.32 Å². The summed E-state index contributed by atoms with van der Waals surface area (Å²) in [5.41, 5.74) is 0.645. The number of nitro groups is 1. The van der Waals surface area contributed by atoms with Gasteiger partial charge in [0.1, 0.15) is 5.56 Å². The van der Waals surface area contributed by atoms with E-state index in [4.69, 9.17) is 11.6 Å². The third kappa shape index (κ3) is 4.12. The highest BCUT2D eigenvalue weighted by Gasteiger charge is 2.28. The van der Waals surface area contributed by atoms with Gasteiger partial charge in [-0.2, -0.15) is 0 Å². The van der Waals surface area contributed by atoms with Gasteiger partial charge in [-0.3, -0.25) is 29.4 Å². The Balaban J connectivity index is 1.72. The van der Waals surface area contributed by atoms with Crippen molar-refractivity contribution in [3.63, 3.8) is 0 Å². The van der Waals surface area contributed by atoms with E-state index in [1.165, 1.54) is 23.1 Å². The molecule has 0 aromatic heterocycles. The minimum absolute atomic E-state index is 0.148. The summed E-state index contributed by atoms with van der Waals surface area (Å²) in [6, 6.07) is 10.3. The number of hydrogen-bond acceptors (Lipinski definition) is 5. The summed E-state index contributed by atoms with van der Waals surface area (Å²) in [6.07, 6.45) is 0.455. The van der Waals surface area contributed by atoms with Crippen LogP contribution in [0.2, 0.25) is 5.02 Å². The first-order valence-electron chi connectivity index (χ1n) is 8.02. The largest absolute Gasteiger partial charge is 0.322 e. The fourth-order valence-corrected chi connectivity index (χ4v) is 2.90. The molecule has 27 heavy (non-hydrogen) atoms. The van der Waals surface area contributed by atoms with Crippen molar-refractivity contribution in [1.82, 2.24) is 4.90 Å².